The molecule has 0 radical (unpaired) electrons. The van der Waals surface area contributed by atoms with Gasteiger partial charge in [-0.2, -0.15) is 0 Å². The monoisotopic (exact) mass is 393 g/mol. The van der Waals surface area contributed by atoms with Crippen LogP contribution in [0.4, 0.5) is 11.4 Å². The van der Waals surface area contributed by atoms with Gasteiger partial charge in [0.15, 0.2) is 5.96 Å². The van der Waals surface area contributed by atoms with Crippen LogP contribution < -0.4 is 10.6 Å². The molecule has 0 aliphatic carbocycles. The highest BCUT2D eigenvalue weighted by Gasteiger charge is 2.21. The lowest BCUT2D eigenvalue weighted by molar-refractivity contribution is -0.384. The van der Waals surface area contributed by atoms with Crippen LogP contribution in [0, 0.1) is 10.1 Å². The van der Waals surface area contributed by atoms with Gasteiger partial charge in [0.05, 0.1) is 11.0 Å². The molecule has 1 aromatic rings. The average Bonchev–Trinajstić information content (AvgIpc) is 2.72. The molecule has 0 atom stereocenters. The quantitative estimate of drug-likeness (QED) is 0.206. The molecule has 9 heteroatoms. The van der Waals surface area contributed by atoms with Gasteiger partial charge in [0.2, 0.25) is 0 Å². The number of ether oxygens (including phenoxy) is 2. The van der Waals surface area contributed by atoms with Gasteiger partial charge in [-0.3, -0.25) is 15.1 Å². The maximum atomic E-state index is 11.0. The maximum absolute atomic E-state index is 11.0. The molecule has 0 unspecified atom stereocenters. The minimum absolute atomic E-state index is 0.0828. The third-order valence-electron chi connectivity index (χ3n) is 4.62. The summed E-state index contributed by atoms with van der Waals surface area (Å²) in [7, 11) is 3.47. The second kappa shape index (κ2) is 12.1. The van der Waals surface area contributed by atoms with Gasteiger partial charge in [0, 0.05) is 59.6 Å². The SMILES string of the molecule is CN=C(NCCNc1ccccc1[N+](=O)[O-])N1CCC(OCCCOC)CC1. The summed E-state index contributed by atoms with van der Waals surface area (Å²) >= 11 is 0. The van der Waals surface area contributed by atoms with Crippen LogP contribution >= 0.6 is 0 Å². The molecule has 0 amide bonds. The van der Waals surface area contributed by atoms with Crippen molar-refractivity contribution in [1.29, 1.82) is 0 Å². The Labute approximate surface area is 166 Å². The van der Waals surface area contributed by atoms with Crippen LogP contribution in [-0.2, 0) is 9.47 Å². The van der Waals surface area contributed by atoms with Crippen molar-refractivity contribution < 1.29 is 14.4 Å². The summed E-state index contributed by atoms with van der Waals surface area (Å²) in [5.74, 6) is 0.849. The van der Waals surface area contributed by atoms with E-state index in [0.29, 0.717) is 24.9 Å². The van der Waals surface area contributed by atoms with Crippen LogP contribution in [0.5, 0.6) is 0 Å². The number of rotatable bonds is 10. The molecule has 1 aromatic carbocycles. The van der Waals surface area contributed by atoms with Crippen molar-refractivity contribution in [2.24, 2.45) is 4.99 Å². The summed E-state index contributed by atoms with van der Waals surface area (Å²) in [6, 6.07) is 6.65. The number of hydrogen-bond acceptors (Lipinski definition) is 6. The van der Waals surface area contributed by atoms with Crippen LogP contribution in [0.15, 0.2) is 29.3 Å². The molecule has 0 aromatic heterocycles. The van der Waals surface area contributed by atoms with Crippen LogP contribution in [0.1, 0.15) is 19.3 Å². The van der Waals surface area contributed by atoms with E-state index in [-0.39, 0.29) is 10.6 Å². The summed E-state index contributed by atoms with van der Waals surface area (Å²) in [5, 5.41) is 17.5. The summed E-state index contributed by atoms with van der Waals surface area (Å²) in [5.41, 5.74) is 0.607. The van der Waals surface area contributed by atoms with Crippen molar-refractivity contribution >= 4 is 17.3 Å². The third kappa shape index (κ3) is 6.97. The molecule has 1 aliphatic heterocycles. The molecule has 2 N–H and O–H groups in total. The number of para-hydroxylation sites is 2. The van der Waals surface area contributed by atoms with E-state index in [1.165, 1.54) is 6.07 Å². The lowest BCUT2D eigenvalue weighted by Gasteiger charge is -2.34. The number of benzene rings is 1. The molecule has 9 nitrogen and oxygen atoms in total. The van der Waals surface area contributed by atoms with Crippen LogP contribution in [0.2, 0.25) is 0 Å². The van der Waals surface area contributed by atoms with Crippen molar-refractivity contribution in [2.75, 3.05) is 58.9 Å². The average molecular weight is 393 g/mol. The van der Waals surface area contributed by atoms with Gasteiger partial charge in [-0.1, -0.05) is 12.1 Å². The first-order chi connectivity index (χ1) is 13.7. The molecule has 1 heterocycles. The van der Waals surface area contributed by atoms with Gasteiger partial charge in [-0.25, -0.2) is 0 Å². The van der Waals surface area contributed by atoms with Gasteiger partial charge < -0.3 is 25.0 Å². The highest BCUT2D eigenvalue weighted by atomic mass is 16.6. The van der Waals surface area contributed by atoms with Crippen molar-refractivity contribution in [1.82, 2.24) is 10.2 Å². The van der Waals surface area contributed by atoms with Gasteiger partial charge in [-0.15, -0.1) is 0 Å². The smallest absolute Gasteiger partial charge is 0.292 e. The molecule has 2 rings (SSSR count). The Balaban J connectivity index is 1.69. The molecule has 1 fully saturated rings. The topological polar surface area (TPSA) is 101 Å². The summed E-state index contributed by atoms with van der Waals surface area (Å²) in [6.07, 6.45) is 3.17. The number of guanidine groups is 1. The minimum atomic E-state index is -0.379. The number of piperidine rings is 1. The van der Waals surface area contributed by atoms with Crippen LogP contribution in [-0.4, -0.2) is 75.4 Å². The summed E-state index contributed by atoms with van der Waals surface area (Å²) < 4.78 is 10.9. The first-order valence-corrected chi connectivity index (χ1v) is 9.69. The van der Waals surface area contributed by atoms with Crippen LogP contribution in [0.25, 0.3) is 0 Å². The zero-order valence-electron chi connectivity index (χ0n) is 16.7. The van der Waals surface area contributed by atoms with E-state index in [2.05, 4.69) is 20.5 Å². The second-order valence-corrected chi connectivity index (χ2v) is 6.58. The van der Waals surface area contributed by atoms with E-state index in [4.69, 9.17) is 9.47 Å². The van der Waals surface area contributed by atoms with E-state index in [1.54, 1.807) is 32.4 Å². The number of nitro benzene ring substituents is 1. The van der Waals surface area contributed by atoms with E-state index < -0.39 is 0 Å². The largest absolute Gasteiger partial charge is 0.385 e. The van der Waals surface area contributed by atoms with E-state index in [0.717, 1.165) is 51.5 Å². The Morgan fingerprint density at radius 2 is 2.04 bits per heavy atom. The number of methoxy groups -OCH3 is 1. The van der Waals surface area contributed by atoms with Crippen molar-refractivity contribution in [3.8, 4) is 0 Å². The Hall–Kier alpha value is -2.39. The predicted molar refractivity (Wildman–Crippen MR) is 110 cm³/mol. The van der Waals surface area contributed by atoms with Gasteiger partial charge in [-0.05, 0) is 25.3 Å². The lowest BCUT2D eigenvalue weighted by Crippen LogP contribution is -2.47. The third-order valence-corrected chi connectivity index (χ3v) is 4.62. The summed E-state index contributed by atoms with van der Waals surface area (Å²) in [4.78, 5) is 17.2. The first-order valence-electron chi connectivity index (χ1n) is 9.69. The fraction of sp³-hybridized carbons (Fsp3) is 0.632. The summed E-state index contributed by atoms with van der Waals surface area (Å²) in [6.45, 7) is 4.44. The van der Waals surface area contributed by atoms with E-state index in [9.17, 15) is 10.1 Å². The molecule has 0 saturated carbocycles. The number of nitrogens with one attached hydrogen (secondary N) is 2. The van der Waals surface area contributed by atoms with Gasteiger partial charge >= 0.3 is 0 Å². The van der Waals surface area contributed by atoms with Crippen LogP contribution in [0.3, 0.4) is 0 Å². The molecule has 1 aliphatic rings. The van der Waals surface area contributed by atoms with Crippen molar-refractivity contribution in [2.45, 2.75) is 25.4 Å². The molecule has 0 bridgehead atoms. The predicted octanol–water partition coefficient (Wildman–Crippen LogP) is 2.10. The highest BCUT2D eigenvalue weighted by molar-refractivity contribution is 5.80. The highest BCUT2D eigenvalue weighted by Crippen LogP contribution is 2.22. The number of nitrogens with zero attached hydrogens (tertiary/aromatic N) is 3. The fourth-order valence-corrected chi connectivity index (χ4v) is 3.17. The Kier molecular flexibility index (Phi) is 9.50. The zero-order chi connectivity index (χ0) is 20.2. The number of aliphatic imine (C=N–C) groups is 1. The number of anilines is 1. The zero-order valence-corrected chi connectivity index (χ0v) is 16.7. The van der Waals surface area contributed by atoms with E-state index >= 15 is 0 Å². The Morgan fingerprint density at radius 3 is 2.71 bits per heavy atom. The van der Waals surface area contributed by atoms with Gasteiger partial charge in [0.1, 0.15) is 5.69 Å². The maximum Gasteiger partial charge on any atom is 0.292 e. The van der Waals surface area contributed by atoms with E-state index in [1.807, 2.05) is 0 Å². The second-order valence-electron chi connectivity index (χ2n) is 6.58. The standard InChI is InChI=1S/C19H31N5O4/c1-20-19(23-12-8-16(9-13-23)28-15-5-14-27-2)22-11-10-21-17-6-3-4-7-18(17)24(25)26/h3-4,6-7,16,21H,5,8-15H2,1-2H3,(H,20,22). The van der Waals surface area contributed by atoms with Crippen molar-refractivity contribution in [3.05, 3.63) is 34.4 Å². The van der Waals surface area contributed by atoms with Gasteiger partial charge in [0.25, 0.3) is 5.69 Å². The molecule has 0 spiro atoms. The normalized spacial score (nSPS) is 15.5. The molecule has 28 heavy (non-hydrogen) atoms. The lowest BCUT2D eigenvalue weighted by atomic mass is 10.1. The first kappa shape index (κ1) is 21.9. The Bertz CT molecular complexity index is 633. The molecular formula is C19H31N5O4. The molecule has 1 saturated heterocycles. The molecule has 156 valence electrons. The minimum Gasteiger partial charge on any atom is -0.385 e. The van der Waals surface area contributed by atoms with Crippen molar-refractivity contribution in [3.63, 3.8) is 0 Å². The number of hydrogen-bond donors (Lipinski definition) is 2. The Morgan fingerprint density at radius 1 is 1.29 bits per heavy atom. The number of nitro groups is 1. The fourth-order valence-electron chi connectivity index (χ4n) is 3.17. The number of likely N-dealkylation sites (tertiary alicyclic amines) is 1. The molecular weight excluding hydrogens is 362 g/mol.